The average Bonchev–Trinajstić information content (AvgIpc) is 2.85. The summed E-state index contributed by atoms with van der Waals surface area (Å²) in [6.07, 6.45) is 2.91. The molecule has 3 aromatic rings. The number of nitrogens with zero attached hydrogens (tertiary/aromatic N) is 1. The number of nitrogens with one attached hydrogen (secondary N) is 1. The molecule has 1 aliphatic heterocycles. The van der Waals surface area contributed by atoms with Gasteiger partial charge in [-0.05, 0) is 61.7 Å². The maximum absolute atomic E-state index is 12.7. The average molecular weight is 447 g/mol. The van der Waals surface area contributed by atoms with Crippen molar-refractivity contribution in [2.75, 3.05) is 19.6 Å². The van der Waals surface area contributed by atoms with E-state index < -0.39 is 0 Å². The van der Waals surface area contributed by atoms with Gasteiger partial charge in [-0.3, -0.25) is 4.79 Å². The summed E-state index contributed by atoms with van der Waals surface area (Å²) in [5, 5.41) is 3.78. The molecular formula is C28H31ClN2O. The number of hydrogen-bond donors (Lipinski definition) is 1. The molecule has 4 rings (SSSR count). The molecule has 1 aliphatic rings. The third-order valence-electron chi connectivity index (χ3n) is 6.51. The molecule has 0 spiro atoms. The minimum Gasteiger partial charge on any atom is -0.352 e. The Balaban J connectivity index is 1.27. The van der Waals surface area contributed by atoms with Crippen molar-refractivity contribution in [1.29, 1.82) is 0 Å². The number of piperidine rings is 1. The Morgan fingerprint density at radius 3 is 2.03 bits per heavy atom. The normalized spacial score (nSPS) is 15.1. The van der Waals surface area contributed by atoms with Crippen LogP contribution in [0.3, 0.4) is 0 Å². The van der Waals surface area contributed by atoms with Crippen LogP contribution >= 0.6 is 11.6 Å². The topological polar surface area (TPSA) is 32.3 Å². The molecule has 1 saturated heterocycles. The summed E-state index contributed by atoms with van der Waals surface area (Å²) in [5.41, 5.74) is 3.70. The van der Waals surface area contributed by atoms with Crippen molar-refractivity contribution in [3.63, 3.8) is 0 Å². The van der Waals surface area contributed by atoms with Crippen LogP contribution in [0.4, 0.5) is 0 Å². The van der Waals surface area contributed by atoms with Crippen molar-refractivity contribution in [3.8, 4) is 0 Å². The van der Waals surface area contributed by atoms with Gasteiger partial charge in [0.25, 0.3) is 0 Å². The summed E-state index contributed by atoms with van der Waals surface area (Å²) in [4.78, 5) is 15.2. The van der Waals surface area contributed by atoms with E-state index in [0.717, 1.165) is 44.5 Å². The maximum atomic E-state index is 12.7. The van der Waals surface area contributed by atoms with Crippen LogP contribution in [0.25, 0.3) is 0 Å². The van der Waals surface area contributed by atoms with Gasteiger partial charge >= 0.3 is 0 Å². The van der Waals surface area contributed by atoms with Crippen LogP contribution in [0.2, 0.25) is 5.02 Å². The molecule has 166 valence electrons. The smallest absolute Gasteiger partial charge is 0.223 e. The fraction of sp³-hybridized carbons (Fsp3) is 0.321. The van der Waals surface area contributed by atoms with Crippen LogP contribution in [0, 0.1) is 5.92 Å². The fourth-order valence-electron chi connectivity index (χ4n) is 4.60. The second-order valence-electron chi connectivity index (χ2n) is 8.59. The third-order valence-corrected chi connectivity index (χ3v) is 6.88. The van der Waals surface area contributed by atoms with Gasteiger partial charge < -0.3 is 10.2 Å². The molecule has 0 bridgehead atoms. The first-order chi connectivity index (χ1) is 15.7. The summed E-state index contributed by atoms with van der Waals surface area (Å²) in [7, 11) is 0. The summed E-state index contributed by atoms with van der Waals surface area (Å²) < 4.78 is 0. The highest BCUT2D eigenvalue weighted by molar-refractivity contribution is 6.31. The molecule has 1 amide bonds. The third kappa shape index (κ3) is 5.99. The Morgan fingerprint density at radius 2 is 1.44 bits per heavy atom. The molecule has 0 aliphatic carbocycles. The van der Waals surface area contributed by atoms with Crippen LogP contribution in [-0.4, -0.2) is 30.4 Å². The molecule has 1 fully saturated rings. The van der Waals surface area contributed by atoms with Crippen LogP contribution < -0.4 is 5.32 Å². The molecule has 1 heterocycles. The largest absolute Gasteiger partial charge is 0.352 e. The predicted molar refractivity (Wildman–Crippen MR) is 132 cm³/mol. The molecule has 0 saturated carbocycles. The Labute approximate surface area is 196 Å². The fourth-order valence-corrected chi connectivity index (χ4v) is 4.80. The molecule has 3 aromatic carbocycles. The number of rotatable bonds is 8. The predicted octanol–water partition coefficient (Wildman–Crippen LogP) is 5.89. The molecule has 0 atom stereocenters. The van der Waals surface area contributed by atoms with Gasteiger partial charge in [-0.15, -0.1) is 0 Å². The van der Waals surface area contributed by atoms with Gasteiger partial charge in [0.15, 0.2) is 0 Å². The highest BCUT2D eigenvalue weighted by Crippen LogP contribution is 2.29. The Kier molecular flexibility index (Phi) is 7.97. The van der Waals surface area contributed by atoms with Gasteiger partial charge in [-0.25, -0.2) is 0 Å². The van der Waals surface area contributed by atoms with E-state index in [2.05, 4.69) is 70.9 Å². The summed E-state index contributed by atoms with van der Waals surface area (Å²) in [6.45, 7) is 3.48. The molecule has 3 nitrogen and oxygen atoms in total. The van der Waals surface area contributed by atoms with Gasteiger partial charge in [-0.1, -0.05) is 90.5 Å². The second-order valence-corrected chi connectivity index (χ2v) is 8.99. The molecule has 0 aromatic heterocycles. The highest BCUT2D eigenvalue weighted by atomic mass is 35.5. The SMILES string of the molecule is O=C(NCc1ccccc1Cl)C1CCN(CCC(c2ccccc2)c2ccccc2)CC1. The van der Waals surface area contributed by atoms with Crippen molar-refractivity contribution in [2.45, 2.75) is 31.7 Å². The van der Waals surface area contributed by atoms with E-state index in [1.54, 1.807) is 0 Å². The van der Waals surface area contributed by atoms with E-state index in [1.807, 2.05) is 24.3 Å². The number of hydrogen-bond acceptors (Lipinski definition) is 2. The summed E-state index contributed by atoms with van der Waals surface area (Å²) in [6, 6.07) is 29.2. The van der Waals surface area contributed by atoms with Crippen molar-refractivity contribution < 1.29 is 4.79 Å². The van der Waals surface area contributed by atoms with Gasteiger partial charge in [0.1, 0.15) is 0 Å². The number of halogens is 1. The molecular weight excluding hydrogens is 416 g/mol. The quantitative estimate of drug-likeness (QED) is 0.467. The first-order valence-corrected chi connectivity index (χ1v) is 11.9. The number of carbonyl (C=O) groups excluding carboxylic acids is 1. The van der Waals surface area contributed by atoms with Gasteiger partial charge in [0, 0.05) is 23.4 Å². The zero-order valence-corrected chi connectivity index (χ0v) is 19.2. The Morgan fingerprint density at radius 1 is 0.875 bits per heavy atom. The first kappa shape index (κ1) is 22.6. The zero-order valence-electron chi connectivity index (χ0n) is 18.4. The lowest BCUT2D eigenvalue weighted by molar-refractivity contribution is -0.126. The van der Waals surface area contributed by atoms with Crippen molar-refractivity contribution in [1.82, 2.24) is 10.2 Å². The van der Waals surface area contributed by atoms with E-state index >= 15 is 0 Å². The van der Waals surface area contributed by atoms with Crippen LogP contribution in [0.5, 0.6) is 0 Å². The Bertz CT molecular complexity index is 945. The van der Waals surface area contributed by atoms with Gasteiger partial charge in [-0.2, -0.15) is 0 Å². The second kappa shape index (κ2) is 11.3. The molecule has 1 N–H and O–H groups in total. The minimum absolute atomic E-state index is 0.0905. The number of carbonyl (C=O) groups is 1. The Hall–Kier alpha value is -2.62. The minimum atomic E-state index is 0.0905. The lowest BCUT2D eigenvalue weighted by atomic mass is 9.88. The maximum Gasteiger partial charge on any atom is 0.223 e. The van der Waals surface area contributed by atoms with Gasteiger partial charge in [0.05, 0.1) is 0 Å². The molecule has 32 heavy (non-hydrogen) atoms. The van der Waals surface area contributed by atoms with E-state index in [1.165, 1.54) is 11.1 Å². The van der Waals surface area contributed by atoms with Crippen molar-refractivity contribution in [3.05, 3.63) is 107 Å². The molecule has 0 unspecified atom stereocenters. The summed E-state index contributed by atoms with van der Waals surface area (Å²) in [5.74, 6) is 0.637. The zero-order chi connectivity index (χ0) is 22.2. The van der Waals surface area contributed by atoms with Crippen LogP contribution in [0.1, 0.15) is 41.9 Å². The lowest BCUT2D eigenvalue weighted by Crippen LogP contribution is -2.40. The van der Waals surface area contributed by atoms with Crippen LogP contribution in [-0.2, 0) is 11.3 Å². The number of amides is 1. The number of likely N-dealkylation sites (tertiary alicyclic amines) is 1. The lowest BCUT2D eigenvalue weighted by Gasteiger charge is -2.32. The molecule has 4 heteroatoms. The van der Waals surface area contributed by atoms with E-state index in [4.69, 9.17) is 11.6 Å². The monoisotopic (exact) mass is 446 g/mol. The standard InChI is InChI=1S/C28H31ClN2O/c29-27-14-8-7-13-25(27)21-30-28(32)24-15-18-31(19-16-24)20-17-26(22-9-3-1-4-10-22)23-11-5-2-6-12-23/h1-14,24,26H,15-21H2,(H,30,32). The highest BCUT2D eigenvalue weighted by Gasteiger charge is 2.25. The van der Waals surface area contributed by atoms with E-state index in [0.29, 0.717) is 17.5 Å². The molecule has 0 radical (unpaired) electrons. The number of benzene rings is 3. The van der Waals surface area contributed by atoms with Crippen molar-refractivity contribution >= 4 is 17.5 Å². The van der Waals surface area contributed by atoms with Gasteiger partial charge in [0.2, 0.25) is 5.91 Å². The summed E-state index contributed by atoms with van der Waals surface area (Å²) >= 11 is 6.20. The first-order valence-electron chi connectivity index (χ1n) is 11.5. The van der Waals surface area contributed by atoms with Crippen LogP contribution in [0.15, 0.2) is 84.9 Å². The van der Waals surface area contributed by atoms with E-state index in [-0.39, 0.29) is 11.8 Å². The van der Waals surface area contributed by atoms with Crippen molar-refractivity contribution in [2.24, 2.45) is 5.92 Å². The van der Waals surface area contributed by atoms with E-state index in [9.17, 15) is 4.79 Å².